The molecule has 1 aromatic carbocycles. The van der Waals surface area contributed by atoms with Gasteiger partial charge in [0.2, 0.25) is 15.9 Å². The third-order valence-electron chi connectivity index (χ3n) is 5.49. The minimum absolute atomic E-state index is 0.00612. The number of hydrogen-bond acceptors (Lipinski definition) is 6. The van der Waals surface area contributed by atoms with E-state index in [4.69, 9.17) is 4.74 Å². The molecule has 9 nitrogen and oxygen atoms in total. The van der Waals surface area contributed by atoms with E-state index in [9.17, 15) is 13.2 Å². The first-order valence-electron chi connectivity index (χ1n) is 9.67. The topological polar surface area (TPSA) is 97.6 Å². The van der Waals surface area contributed by atoms with Gasteiger partial charge >= 0.3 is 0 Å². The summed E-state index contributed by atoms with van der Waals surface area (Å²) in [5, 5.41) is 4.03. The zero-order valence-electron chi connectivity index (χ0n) is 16.4. The molecule has 10 heteroatoms. The molecule has 2 aliphatic rings. The number of ether oxygens (including phenoxy) is 1. The first kappa shape index (κ1) is 19.8. The molecule has 0 N–H and O–H groups in total. The van der Waals surface area contributed by atoms with E-state index < -0.39 is 15.6 Å². The Morgan fingerprint density at radius 3 is 2.86 bits per heavy atom. The highest BCUT2D eigenvalue weighted by Crippen LogP contribution is 2.35. The number of rotatable bonds is 4. The predicted octanol–water partition coefficient (Wildman–Crippen LogP) is 0.884. The van der Waals surface area contributed by atoms with Crippen LogP contribution in [0.1, 0.15) is 24.8 Å². The van der Waals surface area contributed by atoms with Gasteiger partial charge in [-0.3, -0.25) is 9.48 Å². The maximum Gasteiger partial charge on any atom is 0.224 e. The predicted molar refractivity (Wildman–Crippen MR) is 106 cm³/mol. The number of benzene rings is 1. The Morgan fingerprint density at radius 1 is 1.28 bits per heavy atom. The standard InChI is InChI=1S/C19H25N5O4S/c1-29(26,27)24-11-16-5-2-3-6-17(16)28-19(13-24)8-4-9-22(12-19)18(25)7-10-23-15-20-14-21-23/h2-3,5-6,14-15H,4,7-13H2,1H3. The van der Waals surface area contributed by atoms with E-state index in [1.165, 1.54) is 16.9 Å². The van der Waals surface area contributed by atoms with Gasteiger partial charge in [0.15, 0.2) is 0 Å². The van der Waals surface area contributed by atoms with Gasteiger partial charge in [-0.2, -0.15) is 9.40 Å². The number of sulfonamides is 1. The van der Waals surface area contributed by atoms with Crippen molar-refractivity contribution in [2.75, 3.05) is 25.9 Å². The van der Waals surface area contributed by atoms with Crippen LogP contribution in [0.5, 0.6) is 5.75 Å². The number of carbonyl (C=O) groups is 1. The van der Waals surface area contributed by atoms with Crippen LogP contribution in [0, 0.1) is 0 Å². The maximum atomic E-state index is 12.8. The van der Waals surface area contributed by atoms with Crippen molar-refractivity contribution >= 4 is 15.9 Å². The fourth-order valence-electron chi connectivity index (χ4n) is 4.04. The maximum absolute atomic E-state index is 12.8. The largest absolute Gasteiger partial charge is 0.484 e. The zero-order chi connectivity index (χ0) is 20.5. The van der Waals surface area contributed by atoms with Gasteiger partial charge in [0, 0.05) is 25.1 Å². The molecule has 1 atom stereocenters. The van der Waals surface area contributed by atoms with Crippen molar-refractivity contribution in [3.05, 3.63) is 42.5 Å². The molecule has 4 rings (SSSR count). The van der Waals surface area contributed by atoms with E-state index in [0.29, 0.717) is 38.2 Å². The highest BCUT2D eigenvalue weighted by molar-refractivity contribution is 7.88. The number of para-hydroxylation sites is 1. The minimum atomic E-state index is -3.41. The second kappa shape index (κ2) is 7.75. The molecule has 156 valence electrons. The van der Waals surface area contributed by atoms with Crippen molar-refractivity contribution in [2.24, 2.45) is 0 Å². The van der Waals surface area contributed by atoms with E-state index in [2.05, 4.69) is 10.1 Å². The van der Waals surface area contributed by atoms with E-state index in [0.717, 1.165) is 12.0 Å². The van der Waals surface area contributed by atoms with Crippen molar-refractivity contribution in [1.82, 2.24) is 24.0 Å². The molecule has 0 bridgehead atoms. The van der Waals surface area contributed by atoms with Crippen LogP contribution in [0.15, 0.2) is 36.9 Å². The van der Waals surface area contributed by atoms with Crippen LogP contribution in [0.3, 0.4) is 0 Å². The molecular formula is C19H25N5O4S. The van der Waals surface area contributed by atoms with Gasteiger partial charge in [0.1, 0.15) is 24.0 Å². The summed E-state index contributed by atoms with van der Waals surface area (Å²) in [6.07, 6.45) is 6.01. The number of piperidine rings is 1. The Kier molecular flexibility index (Phi) is 5.30. The Balaban J connectivity index is 1.55. The minimum Gasteiger partial charge on any atom is -0.484 e. The Bertz CT molecular complexity index is 978. The molecule has 1 spiro atoms. The van der Waals surface area contributed by atoms with Gasteiger partial charge in [-0.05, 0) is 18.9 Å². The average Bonchev–Trinajstić information content (AvgIpc) is 3.14. The average molecular weight is 420 g/mol. The lowest BCUT2D eigenvalue weighted by Gasteiger charge is -2.43. The summed E-state index contributed by atoms with van der Waals surface area (Å²) in [6.45, 7) is 1.97. The number of fused-ring (bicyclic) bond motifs is 1. The summed E-state index contributed by atoms with van der Waals surface area (Å²) in [7, 11) is -3.41. The second-order valence-corrected chi connectivity index (χ2v) is 9.73. The molecule has 29 heavy (non-hydrogen) atoms. The molecule has 0 saturated carbocycles. The SMILES string of the molecule is CS(=O)(=O)N1Cc2ccccc2OC2(CCCN(C(=O)CCn3cncn3)C2)C1. The molecule has 3 heterocycles. The van der Waals surface area contributed by atoms with Crippen molar-refractivity contribution < 1.29 is 17.9 Å². The highest BCUT2D eigenvalue weighted by Gasteiger charge is 2.44. The smallest absolute Gasteiger partial charge is 0.224 e. The number of aryl methyl sites for hydroxylation is 1. The molecule has 0 radical (unpaired) electrons. The van der Waals surface area contributed by atoms with Crippen molar-refractivity contribution in [2.45, 2.75) is 38.0 Å². The number of aromatic nitrogens is 3. The lowest BCUT2D eigenvalue weighted by Crippen LogP contribution is -2.58. The third-order valence-corrected chi connectivity index (χ3v) is 6.69. The number of likely N-dealkylation sites (tertiary alicyclic amines) is 1. The van der Waals surface area contributed by atoms with E-state index in [1.54, 1.807) is 15.9 Å². The summed E-state index contributed by atoms with van der Waals surface area (Å²) in [4.78, 5) is 18.5. The fourth-order valence-corrected chi connectivity index (χ4v) is 4.88. The molecule has 1 aromatic heterocycles. The number of nitrogens with zero attached hydrogens (tertiary/aromatic N) is 5. The van der Waals surface area contributed by atoms with E-state index in [1.807, 2.05) is 24.3 Å². The van der Waals surface area contributed by atoms with Gasteiger partial charge in [-0.1, -0.05) is 18.2 Å². The first-order chi connectivity index (χ1) is 13.8. The van der Waals surface area contributed by atoms with Crippen LogP contribution in [-0.4, -0.2) is 69.8 Å². The monoisotopic (exact) mass is 419 g/mol. The number of hydrogen-bond donors (Lipinski definition) is 0. The Labute approximate surface area is 170 Å². The summed E-state index contributed by atoms with van der Waals surface area (Å²) in [6, 6.07) is 7.51. The molecule has 1 saturated heterocycles. The van der Waals surface area contributed by atoms with Crippen LogP contribution in [0.2, 0.25) is 0 Å². The first-order valence-corrected chi connectivity index (χ1v) is 11.5. The molecule has 1 fully saturated rings. The second-order valence-electron chi connectivity index (χ2n) is 7.75. The Hall–Kier alpha value is -2.46. The summed E-state index contributed by atoms with van der Waals surface area (Å²) >= 11 is 0. The van der Waals surface area contributed by atoms with Gasteiger partial charge < -0.3 is 9.64 Å². The lowest BCUT2D eigenvalue weighted by molar-refractivity contribution is -0.137. The normalized spacial score (nSPS) is 22.7. The summed E-state index contributed by atoms with van der Waals surface area (Å²) < 4.78 is 34.3. The number of amides is 1. The molecule has 1 unspecified atom stereocenters. The summed E-state index contributed by atoms with van der Waals surface area (Å²) in [5.74, 6) is 0.696. The van der Waals surface area contributed by atoms with Gasteiger partial charge in [-0.15, -0.1) is 0 Å². The van der Waals surface area contributed by atoms with Crippen molar-refractivity contribution in [3.63, 3.8) is 0 Å². The Morgan fingerprint density at radius 2 is 2.10 bits per heavy atom. The molecule has 0 aliphatic carbocycles. The number of carbonyl (C=O) groups excluding carboxylic acids is 1. The third kappa shape index (κ3) is 4.43. The fraction of sp³-hybridized carbons (Fsp3) is 0.526. The summed E-state index contributed by atoms with van der Waals surface area (Å²) in [5.41, 5.74) is 0.0843. The van der Waals surface area contributed by atoms with E-state index in [-0.39, 0.29) is 19.0 Å². The van der Waals surface area contributed by atoms with Crippen LogP contribution in [0.4, 0.5) is 0 Å². The van der Waals surface area contributed by atoms with Crippen LogP contribution in [-0.2, 0) is 27.9 Å². The quantitative estimate of drug-likeness (QED) is 0.730. The lowest BCUT2D eigenvalue weighted by atomic mass is 9.92. The zero-order valence-corrected chi connectivity index (χ0v) is 17.2. The molecule has 1 amide bonds. The molecular weight excluding hydrogens is 394 g/mol. The van der Waals surface area contributed by atoms with Gasteiger partial charge in [-0.25, -0.2) is 13.4 Å². The molecule has 2 aliphatic heterocycles. The van der Waals surface area contributed by atoms with Crippen LogP contribution >= 0.6 is 0 Å². The van der Waals surface area contributed by atoms with Gasteiger partial charge in [0.25, 0.3) is 0 Å². The van der Waals surface area contributed by atoms with E-state index >= 15 is 0 Å². The highest BCUT2D eigenvalue weighted by atomic mass is 32.2. The van der Waals surface area contributed by atoms with Crippen molar-refractivity contribution in [3.8, 4) is 5.75 Å². The van der Waals surface area contributed by atoms with Crippen molar-refractivity contribution in [1.29, 1.82) is 0 Å². The van der Waals surface area contributed by atoms with Crippen LogP contribution in [0.25, 0.3) is 0 Å². The molecule has 2 aromatic rings. The van der Waals surface area contributed by atoms with Crippen LogP contribution < -0.4 is 4.74 Å². The van der Waals surface area contributed by atoms with Gasteiger partial charge in [0.05, 0.1) is 25.9 Å².